The number of alkyl carbamates (subject to hydrolysis) is 1. The second-order valence-electron chi connectivity index (χ2n) is 14.9. The second kappa shape index (κ2) is 14.2. The van der Waals surface area contributed by atoms with Crippen LogP contribution in [0, 0.1) is 0 Å². The molecule has 0 spiro atoms. The van der Waals surface area contributed by atoms with Crippen molar-refractivity contribution in [1.82, 2.24) is 14.5 Å². The van der Waals surface area contributed by atoms with Crippen LogP contribution in [0.3, 0.4) is 0 Å². The van der Waals surface area contributed by atoms with E-state index in [-0.39, 0.29) is 17.0 Å². The summed E-state index contributed by atoms with van der Waals surface area (Å²) in [5.74, 6) is -3.89. The molecule has 1 aliphatic carbocycles. The average Bonchev–Trinajstić information content (AvgIpc) is 3.68. The van der Waals surface area contributed by atoms with Crippen LogP contribution in [-0.2, 0) is 25.5 Å². The summed E-state index contributed by atoms with van der Waals surface area (Å²) < 4.78 is 79.3. The van der Waals surface area contributed by atoms with Crippen molar-refractivity contribution in [3.8, 4) is 11.5 Å². The van der Waals surface area contributed by atoms with E-state index in [4.69, 9.17) is 14.2 Å². The second-order valence-corrected chi connectivity index (χ2v) is 16.9. The number of alkyl halides is 2. The first kappa shape index (κ1) is 36.8. The van der Waals surface area contributed by atoms with Crippen LogP contribution in [0.4, 0.5) is 13.6 Å². The number of carbonyl (C=O) groups is 2. The molecular formula is C38H47F2N3O7S. The summed E-state index contributed by atoms with van der Waals surface area (Å²) in [5, 5.41) is 4.19. The van der Waals surface area contributed by atoms with Gasteiger partial charge >= 0.3 is 6.09 Å². The molecule has 276 valence electrons. The fourth-order valence-electron chi connectivity index (χ4n) is 7.72. The topological polar surface area (TPSA) is 114 Å². The van der Waals surface area contributed by atoms with Gasteiger partial charge in [0.05, 0.1) is 18.1 Å². The predicted molar refractivity (Wildman–Crippen MR) is 189 cm³/mol. The molecule has 6 rings (SSSR count). The van der Waals surface area contributed by atoms with Crippen LogP contribution in [0.25, 0.3) is 10.8 Å². The number of ether oxygens (including phenoxy) is 3. The van der Waals surface area contributed by atoms with Gasteiger partial charge in [0.2, 0.25) is 15.9 Å². The molecule has 1 N–H and O–H groups in total. The lowest BCUT2D eigenvalue weighted by Crippen LogP contribution is -2.61. The van der Waals surface area contributed by atoms with Crippen molar-refractivity contribution < 1.29 is 41.0 Å². The third kappa shape index (κ3) is 7.79. The van der Waals surface area contributed by atoms with Gasteiger partial charge in [-0.1, -0.05) is 12.1 Å². The van der Waals surface area contributed by atoms with Gasteiger partial charge < -0.3 is 24.4 Å². The van der Waals surface area contributed by atoms with E-state index in [1.165, 1.54) is 36.3 Å². The number of methoxy groups -OCH3 is 1. The number of nitrogens with one attached hydrogen (secondary N) is 1. The molecule has 2 aliphatic heterocycles. The number of nitrogens with zero attached hydrogens (tertiary/aromatic N) is 2. The smallest absolute Gasteiger partial charge is 0.407 e. The summed E-state index contributed by atoms with van der Waals surface area (Å²) in [7, 11) is -2.18. The van der Waals surface area contributed by atoms with Gasteiger partial charge in [-0.25, -0.2) is 13.2 Å². The fourth-order valence-corrected chi connectivity index (χ4v) is 9.07. The predicted octanol–water partition coefficient (Wildman–Crippen LogP) is 7.00. The quantitative estimate of drug-likeness (QED) is 0.239. The Labute approximate surface area is 298 Å². The number of piperidine rings is 1. The first-order valence-corrected chi connectivity index (χ1v) is 19.0. The highest BCUT2D eigenvalue weighted by molar-refractivity contribution is 7.89. The van der Waals surface area contributed by atoms with E-state index >= 15 is 8.78 Å². The maximum Gasteiger partial charge on any atom is 0.407 e. The molecule has 0 radical (unpaired) electrons. The molecule has 3 unspecified atom stereocenters. The van der Waals surface area contributed by atoms with Gasteiger partial charge in [0.25, 0.3) is 5.92 Å². The summed E-state index contributed by atoms with van der Waals surface area (Å²) in [6.45, 7) is 5.27. The number of halogens is 2. The Morgan fingerprint density at radius 2 is 1.47 bits per heavy atom. The number of amides is 2. The third-order valence-corrected chi connectivity index (χ3v) is 12.0. The number of sulfonamides is 1. The number of hydrogen-bond donors (Lipinski definition) is 1. The Morgan fingerprint density at radius 3 is 2.08 bits per heavy atom. The lowest BCUT2D eigenvalue weighted by Gasteiger charge is -2.43. The number of likely N-dealkylation sites (N-methyl/N-ethyl adjacent to an activating group) is 1. The number of rotatable bonds is 10. The summed E-state index contributed by atoms with van der Waals surface area (Å²) >= 11 is 0. The largest absolute Gasteiger partial charge is 0.497 e. The van der Waals surface area contributed by atoms with Crippen molar-refractivity contribution >= 4 is 32.8 Å². The number of fused-ring (bicyclic) bond motifs is 3. The van der Waals surface area contributed by atoms with Gasteiger partial charge in [0, 0.05) is 30.7 Å². The lowest BCUT2D eigenvalue weighted by atomic mass is 9.94. The van der Waals surface area contributed by atoms with Crippen LogP contribution in [-0.4, -0.2) is 79.7 Å². The van der Waals surface area contributed by atoms with Crippen molar-refractivity contribution in [1.29, 1.82) is 0 Å². The van der Waals surface area contributed by atoms with Gasteiger partial charge in [-0.05, 0) is 131 Å². The molecule has 3 fully saturated rings. The van der Waals surface area contributed by atoms with Gasteiger partial charge in [-0.15, -0.1) is 0 Å². The van der Waals surface area contributed by atoms with Crippen LogP contribution in [0.15, 0.2) is 65.6 Å². The summed E-state index contributed by atoms with van der Waals surface area (Å²) in [6.07, 6.45) is 5.53. The fraction of sp³-hybridized carbons (Fsp3) is 0.526. The highest BCUT2D eigenvalue weighted by Crippen LogP contribution is 2.43. The van der Waals surface area contributed by atoms with Crippen LogP contribution < -0.4 is 14.8 Å². The van der Waals surface area contributed by atoms with Gasteiger partial charge in [0.1, 0.15) is 17.1 Å². The Morgan fingerprint density at radius 1 is 0.882 bits per heavy atom. The SMILES string of the molecule is COc1ccc(C(F)(F)C(C(=O)N2C3CCC2CC(NC(=O)OC(C)(C)C)C3)N(C)S(=O)(=O)c2ccc3cc(OC4CCCC4)ccc3c2)cc1. The highest BCUT2D eigenvalue weighted by atomic mass is 32.2. The monoisotopic (exact) mass is 727 g/mol. The van der Waals surface area contributed by atoms with E-state index in [0.29, 0.717) is 46.9 Å². The first-order valence-electron chi connectivity index (χ1n) is 17.6. The molecule has 3 atom stereocenters. The molecule has 2 bridgehead atoms. The van der Waals surface area contributed by atoms with Crippen molar-refractivity contribution in [2.75, 3.05) is 14.2 Å². The molecule has 1 saturated carbocycles. The molecule has 2 saturated heterocycles. The molecular weight excluding hydrogens is 680 g/mol. The molecule has 3 aliphatic rings. The average molecular weight is 728 g/mol. The van der Waals surface area contributed by atoms with Crippen molar-refractivity contribution in [2.45, 2.75) is 119 Å². The summed E-state index contributed by atoms with van der Waals surface area (Å²) in [4.78, 5) is 28.2. The molecule has 3 aromatic rings. The number of hydrogen-bond acceptors (Lipinski definition) is 7. The zero-order valence-corrected chi connectivity index (χ0v) is 30.5. The minimum Gasteiger partial charge on any atom is -0.497 e. The number of carbonyl (C=O) groups excluding carboxylic acids is 2. The maximum atomic E-state index is 16.8. The van der Waals surface area contributed by atoms with Crippen molar-refractivity contribution in [3.63, 3.8) is 0 Å². The third-order valence-electron chi connectivity index (χ3n) is 10.2. The van der Waals surface area contributed by atoms with Gasteiger partial charge in [0.15, 0.2) is 6.04 Å². The van der Waals surface area contributed by atoms with Crippen molar-refractivity contribution in [3.05, 3.63) is 66.2 Å². The lowest BCUT2D eigenvalue weighted by molar-refractivity contribution is -0.155. The van der Waals surface area contributed by atoms with E-state index in [2.05, 4.69) is 5.32 Å². The van der Waals surface area contributed by atoms with E-state index in [0.717, 1.165) is 50.2 Å². The molecule has 51 heavy (non-hydrogen) atoms. The van der Waals surface area contributed by atoms with E-state index in [1.807, 2.05) is 6.07 Å². The Hall–Kier alpha value is -3.97. The molecule has 2 heterocycles. The minimum absolute atomic E-state index is 0.153. The molecule has 2 amide bonds. The summed E-state index contributed by atoms with van der Waals surface area (Å²) in [5.41, 5.74) is -1.22. The van der Waals surface area contributed by atoms with Crippen LogP contribution in [0.2, 0.25) is 0 Å². The highest BCUT2D eigenvalue weighted by Gasteiger charge is 2.56. The zero-order valence-electron chi connectivity index (χ0n) is 29.7. The Balaban J connectivity index is 1.30. The number of benzene rings is 3. The van der Waals surface area contributed by atoms with Crippen LogP contribution in [0.1, 0.15) is 77.7 Å². The summed E-state index contributed by atoms with van der Waals surface area (Å²) in [6, 6.07) is 11.1. The molecule has 0 aromatic heterocycles. The van der Waals surface area contributed by atoms with Gasteiger partial charge in [-0.2, -0.15) is 13.1 Å². The van der Waals surface area contributed by atoms with E-state index in [1.54, 1.807) is 39.0 Å². The molecule has 13 heteroatoms. The van der Waals surface area contributed by atoms with Crippen LogP contribution >= 0.6 is 0 Å². The van der Waals surface area contributed by atoms with E-state index < -0.39 is 57.2 Å². The minimum atomic E-state index is -4.63. The maximum absolute atomic E-state index is 16.8. The molecule has 10 nitrogen and oxygen atoms in total. The van der Waals surface area contributed by atoms with E-state index in [9.17, 15) is 18.0 Å². The normalized spacial score (nSPS) is 21.9. The first-order chi connectivity index (χ1) is 24.1. The molecule has 3 aromatic carbocycles. The standard InChI is InChI=1S/C38H47F2N3O7S/c1-37(2,3)50-36(45)41-27-22-28-14-15-29(23-27)43(28)35(44)34(38(39,40)26-12-17-30(48-5)18-13-26)42(4)51(46,47)33-19-11-24-20-32(16-10-25(24)21-33)49-31-8-6-7-9-31/h10-13,16-21,27-29,31,34H,6-9,14-15,22-23H2,1-5H3,(H,41,45). The Bertz CT molecular complexity index is 1850. The van der Waals surface area contributed by atoms with Crippen LogP contribution in [0.5, 0.6) is 11.5 Å². The zero-order chi connectivity index (χ0) is 36.7. The Kier molecular flexibility index (Phi) is 10.3. The van der Waals surface area contributed by atoms with Gasteiger partial charge in [-0.3, -0.25) is 4.79 Å². The van der Waals surface area contributed by atoms with Crippen molar-refractivity contribution in [2.24, 2.45) is 0 Å².